The van der Waals surface area contributed by atoms with Gasteiger partial charge in [-0.15, -0.1) is 0 Å². The number of rotatable bonds is 4. The molecule has 2 fully saturated rings. The Labute approximate surface area is 119 Å². The Kier molecular flexibility index (Phi) is 4.00. The monoisotopic (exact) mass is 273 g/mol. The zero-order valence-corrected chi connectivity index (χ0v) is 11.6. The Hall–Kier alpha value is -1.44. The van der Waals surface area contributed by atoms with Crippen LogP contribution in [-0.2, 0) is 0 Å². The molecule has 1 heterocycles. The highest BCUT2D eigenvalue weighted by Crippen LogP contribution is 2.40. The normalized spacial score (nSPS) is 21.4. The van der Waals surface area contributed by atoms with Crippen molar-refractivity contribution < 1.29 is 4.39 Å². The Bertz CT molecular complexity index is 513. The van der Waals surface area contributed by atoms with Crippen LogP contribution in [0.25, 0.3) is 0 Å². The molecule has 1 aliphatic carbocycles. The van der Waals surface area contributed by atoms with Crippen LogP contribution < -0.4 is 5.32 Å². The predicted octanol–water partition coefficient (Wildman–Crippen LogP) is 2.44. The lowest BCUT2D eigenvalue weighted by Crippen LogP contribution is -2.45. The number of nitriles is 1. The highest BCUT2D eigenvalue weighted by Gasteiger charge is 2.30. The molecule has 106 valence electrons. The third kappa shape index (κ3) is 3.00. The van der Waals surface area contributed by atoms with Crippen LogP contribution in [0, 0.1) is 23.1 Å². The summed E-state index contributed by atoms with van der Waals surface area (Å²) in [7, 11) is 0. The van der Waals surface area contributed by atoms with Gasteiger partial charge in [-0.05, 0) is 30.0 Å². The van der Waals surface area contributed by atoms with Gasteiger partial charge in [0.2, 0.25) is 0 Å². The van der Waals surface area contributed by atoms with Gasteiger partial charge in [0.1, 0.15) is 11.9 Å². The lowest BCUT2D eigenvalue weighted by atomic mass is 9.97. The van der Waals surface area contributed by atoms with Crippen molar-refractivity contribution in [3.63, 3.8) is 0 Å². The molecule has 1 aromatic carbocycles. The first-order chi connectivity index (χ1) is 9.78. The molecule has 1 saturated heterocycles. The molecule has 0 aromatic heterocycles. The van der Waals surface area contributed by atoms with Gasteiger partial charge in [0.15, 0.2) is 0 Å². The first-order valence-electron chi connectivity index (χ1n) is 7.42. The third-order valence-electron chi connectivity index (χ3n) is 4.34. The smallest absolute Gasteiger partial charge is 0.140 e. The van der Waals surface area contributed by atoms with Gasteiger partial charge < -0.3 is 5.32 Å². The highest BCUT2D eigenvalue weighted by molar-refractivity contribution is 5.36. The Morgan fingerprint density at radius 2 is 2.10 bits per heavy atom. The minimum atomic E-state index is -0.415. The van der Waals surface area contributed by atoms with Gasteiger partial charge in [-0.1, -0.05) is 18.9 Å². The third-order valence-corrected chi connectivity index (χ3v) is 4.34. The van der Waals surface area contributed by atoms with Crippen molar-refractivity contribution in [2.45, 2.75) is 25.3 Å². The first kappa shape index (κ1) is 13.5. The van der Waals surface area contributed by atoms with E-state index in [-0.39, 0.29) is 5.56 Å². The predicted molar refractivity (Wildman–Crippen MR) is 75.6 cm³/mol. The van der Waals surface area contributed by atoms with Crippen molar-refractivity contribution in [1.82, 2.24) is 10.2 Å². The van der Waals surface area contributed by atoms with Crippen LogP contribution in [0.3, 0.4) is 0 Å². The number of piperazine rings is 1. The van der Waals surface area contributed by atoms with E-state index in [9.17, 15) is 4.39 Å². The average molecular weight is 273 g/mol. The molecule has 3 rings (SSSR count). The van der Waals surface area contributed by atoms with E-state index in [0.717, 1.165) is 44.1 Å². The molecular weight excluding hydrogens is 253 g/mol. The number of hydrogen-bond donors (Lipinski definition) is 1. The van der Waals surface area contributed by atoms with Crippen LogP contribution in [0.5, 0.6) is 0 Å². The SMILES string of the molecule is N#Cc1cc([C@H](CC2CC2)N2CCNCC2)ccc1F. The van der Waals surface area contributed by atoms with Gasteiger partial charge >= 0.3 is 0 Å². The molecule has 0 spiro atoms. The quantitative estimate of drug-likeness (QED) is 0.916. The lowest BCUT2D eigenvalue weighted by molar-refractivity contribution is 0.160. The van der Waals surface area contributed by atoms with Crippen molar-refractivity contribution in [1.29, 1.82) is 5.26 Å². The standard InChI is InChI=1S/C16H20FN3/c17-15-4-3-13(10-14(15)11-18)16(9-12-1-2-12)20-7-5-19-6-8-20/h3-4,10,12,16,19H,1-2,5-9H2/t16-/m0/s1. The Morgan fingerprint density at radius 1 is 1.35 bits per heavy atom. The zero-order chi connectivity index (χ0) is 13.9. The molecule has 20 heavy (non-hydrogen) atoms. The lowest BCUT2D eigenvalue weighted by Gasteiger charge is -2.35. The van der Waals surface area contributed by atoms with Gasteiger partial charge in [-0.3, -0.25) is 4.90 Å². The van der Waals surface area contributed by atoms with Crippen molar-refractivity contribution in [2.75, 3.05) is 26.2 Å². The maximum Gasteiger partial charge on any atom is 0.140 e. The summed E-state index contributed by atoms with van der Waals surface area (Å²) in [5.41, 5.74) is 1.26. The molecule has 1 aliphatic heterocycles. The van der Waals surface area contributed by atoms with E-state index in [4.69, 9.17) is 5.26 Å². The largest absolute Gasteiger partial charge is 0.314 e. The van der Waals surface area contributed by atoms with Crippen molar-refractivity contribution >= 4 is 0 Å². The maximum absolute atomic E-state index is 13.5. The minimum absolute atomic E-state index is 0.165. The molecule has 2 aliphatic rings. The van der Waals surface area contributed by atoms with E-state index in [1.54, 1.807) is 6.07 Å². The topological polar surface area (TPSA) is 39.1 Å². The summed E-state index contributed by atoms with van der Waals surface area (Å²) in [6, 6.07) is 7.32. The molecular formula is C16H20FN3. The van der Waals surface area contributed by atoms with E-state index in [0.29, 0.717) is 6.04 Å². The van der Waals surface area contributed by atoms with Crippen LogP contribution in [0.15, 0.2) is 18.2 Å². The second-order valence-corrected chi connectivity index (χ2v) is 5.83. The Balaban J connectivity index is 1.85. The van der Waals surface area contributed by atoms with Crippen LogP contribution in [0.2, 0.25) is 0 Å². The fourth-order valence-electron chi connectivity index (χ4n) is 2.99. The molecule has 0 bridgehead atoms. The minimum Gasteiger partial charge on any atom is -0.314 e. The van der Waals surface area contributed by atoms with Crippen molar-refractivity contribution in [3.05, 3.63) is 35.1 Å². The molecule has 0 unspecified atom stereocenters. The van der Waals surface area contributed by atoms with E-state index in [2.05, 4.69) is 10.2 Å². The number of halogens is 1. The van der Waals surface area contributed by atoms with E-state index in [1.165, 1.54) is 18.9 Å². The van der Waals surface area contributed by atoms with Gasteiger partial charge in [0, 0.05) is 32.2 Å². The summed E-state index contributed by atoms with van der Waals surface area (Å²) in [5, 5.41) is 12.4. The van der Waals surface area contributed by atoms with Crippen molar-refractivity contribution in [2.24, 2.45) is 5.92 Å². The summed E-state index contributed by atoms with van der Waals surface area (Å²) < 4.78 is 13.5. The molecule has 0 radical (unpaired) electrons. The van der Waals surface area contributed by atoms with Crippen LogP contribution >= 0.6 is 0 Å². The fourth-order valence-corrected chi connectivity index (χ4v) is 2.99. The Morgan fingerprint density at radius 3 is 2.75 bits per heavy atom. The number of nitrogens with zero attached hydrogens (tertiary/aromatic N) is 2. The van der Waals surface area contributed by atoms with Gasteiger partial charge in [0.25, 0.3) is 0 Å². The van der Waals surface area contributed by atoms with Crippen LogP contribution in [0.4, 0.5) is 4.39 Å². The summed E-state index contributed by atoms with van der Waals surface area (Å²) in [6.07, 6.45) is 3.76. The van der Waals surface area contributed by atoms with Gasteiger partial charge in [-0.25, -0.2) is 4.39 Å². The molecule has 0 amide bonds. The summed E-state index contributed by atoms with van der Waals surface area (Å²) in [6.45, 7) is 4.06. The summed E-state index contributed by atoms with van der Waals surface area (Å²) in [4.78, 5) is 2.48. The number of hydrogen-bond acceptors (Lipinski definition) is 3. The first-order valence-corrected chi connectivity index (χ1v) is 7.42. The molecule has 4 heteroatoms. The molecule has 1 saturated carbocycles. The molecule has 1 N–H and O–H groups in total. The second-order valence-electron chi connectivity index (χ2n) is 5.83. The summed E-state index contributed by atoms with van der Waals surface area (Å²) >= 11 is 0. The van der Waals surface area contributed by atoms with Gasteiger partial charge in [-0.2, -0.15) is 5.26 Å². The number of nitrogens with one attached hydrogen (secondary N) is 1. The van der Waals surface area contributed by atoms with E-state index >= 15 is 0 Å². The number of benzene rings is 1. The van der Waals surface area contributed by atoms with Crippen molar-refractivity contribution in [3.8, 4) is 6.07 Å². The maximum atomic E-state index is 13.5. The van der Waals surface area contributed by atoms with E-state index in [1.807, 2.05) is 12.1 Å². The highest BCUT2D eigenvalue weighted by atomic mass is 19.1. The zero-order valence-electron chi connectivity index (χ0n) is 11.6. The van der Waals surface area contributed by atoms with Crippen LogP contribution in [0.1, 0.15) is 36.4 Å². The molecule has 3 nitrogen and oxygen atoms in total. The molecule has 1 aromatic rings. The van der Waals surface area contributed by atoms with Gasteiger partial charge in [0.05, 0.1) is 5.56 Å². The summed E-state index contributed by atoms with van der Waals surface area (Å²) in [5.74, 6) is 0.396. The molecule has 1 atom stereocenters. The second kappa shape index (κ2) is 5.90. The average Bonchev–Trinajstić information content (AvgIpc) is 3.30. The van der Waals surface area contributed by atoms with E-state index < -0.39 is 5.82 Å². The fraction of sp³-hybridized carbons (Fsp3) is 0.562. The van der Waals surface area contributed by atoms with Crippen LogP contribution in [-0.4, -0.2) is 31.1 Å².